The van der Waals surface area contributed by atoms with Gasteiger partial charge in [0.25, 0.3) is 11.5 Å². The van der Waals surface area contributed by atoms with E-state index in [4.69, 9.17) is 4.42 Å². The monoisotopic (exact) mass is 507 g/mol. The van der Waals surface area contributed by atoms with Crippen molar-refractivity contribution in [3.63, 3.8) is 0 Å². The van der Waals surface area contributed by atoms with Crippen LogP contribution in [0.1, 0.15) is 27.4 Å². The van der Waals surface area contributed by atoms with Gasteiger partial charge in [0.1, 0.15) is 16.8 Å². The molecule has 11 heteroatoms. The number of carbonyl (C=O) groups excluding carboxylic acids is 1. The van der Waals surface area contributed by atoms with E-state index in [0.29, 0.717) is 27.7 Å². The lowest BCUT2D eigenvalue weighted by Crippen LogP contribution is -2.20. The summed E-state index contributed by atoms with van der Waals surface area (Å²) < 4.78 is 8.57. The molecule has 0 fully saturated rings. The molecule has 0 radical (unpaired) electrons. The molecule has 0 aliphatic rings. The minimum absolute atomic E-state index is 0.0814. The molecular weight excluding hydrogens is 486 g/mol. The molecule has 1 amide bonds. The number of aryl methyl sites for hydroxylation is 2. The van der Waals surface area contributed by atoms with E-state index in [0.717, 1.165) is 22.9 Å². The van der Waals surface area contributed by atoms with Crippen molar-refractivity contribution in [1.82, 2.24) is 29.5 Å². The highest BCUT2D eigenvalue weighted by Crippen LogP contribution is 2.22. The highest BCUT2D eigenvalue weighted by molar-refractivity contribution is 6.02. The van der Waals surface area contributed by atoms with Gasteiger partial charge in [0, 0.05) is 12.1 Å². The standard InChI is InChI=1S/C27H21N7O4/c1-14-7-6-9-19(16(14)3)33-24-18(13-28-33)25(36)31-27(30-24)34-23(11-15(2)32-34)29-26(37)22-12-20(35)17-8-4-5-10-21(17)38-22/h4-13H,1-3H3,(H,29,37)(H,30,31,36). The van der Waals surface area contributed by atoms with Crippen LogP contribution >= 0.6 is 0 Å². The minimum atomic E-state index is -0.655. The van der Waals surface area contributed by atoms with E-state index in [1.807, 2.05) is 32.0 Å². The Kier molecular flexibility index (Phi) is 5.26. The van der Waals surface area contributed by atoms with Gasteiger partial charge in [0.2, 0.25) is 5.95 Å². The molecule has 6 aromatic rings. The van der Waals surface area contributed by atoms with Gasteiger partial charge in [-0.05, 0) is 50.1 Å². The molecule has 0 saturated heterocycles. The molecule has 0 aliphatic heterocycles. The number of hydrogen-bond acceptors (Lipinski definition) is 7. The average Bonchev–Trinajstić information content (AvgIpc) is 3.49. The van der Waals surface area contributed by atoms with Crippen LogP contribution < -0.4 is 16.3 Å². The van der Waals surface area contributed by atoms with Gasteiger partial charge >= 0.3 is 0 Å². The molecule has 38 heavy (non-hydrogen) atoms. The summed E-state index contributed by atoms with van der Waals surface area (Å²) >= 11 is 0. The average molecular weight is 508 g/mol. The molecule has 11 nitrogen and oxygen atoms in total. The van der Waals surface area contributed by atoms with Gasteiger partial charge in [-0.2, -0.15) is 19.9 Å². The van der Waals surface area contributed by atoms with Crippen LogP contribution in [-0.2, 0) is 0 Å². The predicted molar refractivity (Wildman–Crippen MR) is 141 cm³/mol. The second-order valence-corrected chi connectivity index (χ2v) is 8.91. The SMILES string of the molecule is Cc1cc(NC(=O)c2cc(=O)c3ccccc3o2)n(-c2nc3c(cnn3-c3cccc(C)c3C)c(=O)[nH]2)n1. The third-order valence-corrected chi connectivity index (χ3v) is 6.36. The van der Waals surface area contributed by atoms with Crippen molar-refractivity contribution in [3.8, 4) is 11.6 Å². The number of aromatic amines is 1. The van der Waals surface area contributed by atoms with Crippen molar-refractivity contribution in [2.24, 2.45) is 0 Å². The summed E-state index contributed by atoms with van der Waals surface area (Å²) in [6.45, 7) is 5.70. The lowest BCUT2D eigenvalue weighted by atomic mass is 10.1. The Bertz CT molecular complexity index is 2010. The van der Waals surface area contributed by atoms with Crippen LogP contribution in [0.2, 0.25) is 0 Å². The first-order valence-electron chi connectivity index (χ1n) is 11.8. The van der Waals surface area contributed by atoms with Gasteiger partial charge in [0.15, 0.2) is 16.8 Å². The van der Waals surface area contributed by atoms with Gasteiger partial charge in [-0.25, -0.2) is 4.68 Å². The number of fused-ring (bicyclic) bond motifs is 2. The number of carbonyl (C=O) groups is 1. The van der Waals surface area contributed by atoms with Gasteiger partial charge in [-0.3, -0.25) is 19.4 Å². The molecule has 0 aliphatic carbocycles. The van der Waals surface area contributed by atoms with Crippen molar-refractivity contribution in [1.29, 1.82) is 0 Å². The van der Waals surface area contributed by atoms with Crippen molar-refractivity contribution in [2.45, 2.75) is 20.8 Å². The second kappa shape index (κ2) is 8.66. The van der Waals surface area contributed by atoms with Gasteiger partial charge in [-0.1, -0.05) is 24.3 Å². The van der Waals surface area contributed by atoms with E-state index < -0.39 is 11.5 Å². The highest BCUT2D eigenvalue weighted by atomic mass is 16.3. The van der Waals surface area contributed by atoms with Crippen LogP contribution in [0.3, 0.4) is 0 Å². The third kappa shape index (κ3) is 3.77. The predicted octanol–water partition coefficient (Wildman–Crippen LogP) is 3.58. The molecule has 2 aromatic carbocycles. The number of H-pyrrole nitrogens is 1. The largest absolute Gasteiger partial charge is 0.451 e. The molecule has 2 N–H and O–H groups in total. The zero-order chi connectivity index (χ0) is 26.6. The van der Waals surface area contributed by atoms with Crippen LogP contribution in [0.5, 0.6) is 0 Å². The number of amides is 1. The highest BCUT2D eigenvalue weighted by Gasteiger charge is 2.19. The first-order chi connectivity index (χ1) is 18.3. The van der Waals surface area contributed by atoms with Crippen molar-refractivity contribution in [3.05, 3.63) is 104 Å². The molecule has 0 unspecified atom stereocenters. The van der Waals surface area contributed by atoms with Crippen molar-refractivity contribution >= 4 is 33.7 Å². The summed E-state index contributed by atoms with van der Waals surface area (Å²) in [5.74, 6) is -0.511. The van der Waals surface area contributed by atoms with Gasteiger partial charge in [-0.15, -0.1) is 0 Å². The van der Waals surface area contributed by atoms with E-state index in [1.165, 1.54) is 10.9 Å². The fourth-order valence-corrected chi connectivity index (χ4v) is 4.29. The smallest absolute Gasteiger partial charge is 0.292 e. The minimum Gasteiger partial charge on any atom is -0.451 e. The Morgan fingerprint density at radius 3 is 2.63 bits per heavy atom. The normalized spacial score (nSPS) is 11.3. The second-order valence-electron chi connectivity index (χ2n) is 8.91. The third-order valence-electron chi connectivity index (χ3n) is 6.36. The molecule has 0 spiro atoms. The number of hydrogen-bond donors (Lipinski definition) is 2. The first-order valence-corrected chi connectivity index (χ1v) is 11.8. The van der Waals surface area contributed by atoms with Crippen LogP contribution in [-0.4, -0.2) is 35.4 Å². The maximum atomic E-state index is 13.1. The quantitative estimate of drug-likeness (QED) is 0.372. The van der Waals surface area contributed by atoms with Gasteiger partial charge < -0.3 is 9.73 Å². The maximum absolute atomic E-state index is 13.1. The van der Waals surface area contributed by atoms with Crippen LogP contribution in [0, 0.1) is 20.8 Å². The topological polar surface area (TPSA) is 141 Å². The molecule has 0 bridgehead atoms. The number of aromatic nitrogens is 6. The fraction of sp³-hybridized carbons (Fsp3) is 0.111. The Balaban J connectivity index is 1.43. The molecular formula is C27H21N7O4. The van der Waals surface area contributed by atoms with Crippen molar-refractivity contribution < 1.29 is 9.21 Å². The maximum Gasteiger partial charge on any atom is 0.292 e. The van der Waals surface area contributed by atoms with E-state index >= 15 is 0 Å². The zero-order valence-electron chi connectivity index (χ0n) is 20.6. The number of benzene rings is 2. The lowest BCUT2D eigenvalue weighted by Gasteiger charge is -2.11. The summed E-state index contributed by atoms with van der Waals surface area (Å²) in [6, 6.07) is 15.2. The van der Waals surface area contributed by atoms with Crippen LogP contribution in [0.15, 0.2) is 74.8 Å². The lowest BCUT2D eigenvalue weighted by molar-refractivity contribution is 0.0996. The summed E-state index contributed by atoms with van der Waals surface area (Å²) in [6.07, 6.45) is 1.46. The Morgan fingerprint density at radius 1 is 0.974 bits per heavy atom. The molecule has 6 rings (SSSR count). The summed E-state index contributed by atoms with van der Waals surface area (Å²) in [4.78, 5) is 45.8. The van der Waals surface area contributed by atoms with E-state index in [1.54, 1.807) is 41.9 Å². The Labute approximate surface area is 214 Å². The number of para-hydroxylation sites is 1. The summed E-state index contributed by atoms with van der Waals surface area (Å²) in [7, 11) is 0. The van der Waals surface area contributed by atoms with Gasteiger partial charge in [0.05, 0.1) is 23.0 Å². The summed E-state index contributed by atoms with van der Waals surface area (Å²) in [5.41, 5.74) is 3.32. The number of nitrogens with one attached hydrogen (secondary N) is 2. The Hall–Kier alpha value is -5.32. The van der Waals surface area contributed by atoms with E-state index in [-0.39, 0.29) is 23.0 Å². The van der Waals surface area contributed by atoms with E-state index in [2.05, 4.69) is 25.5 Å². The van der Waals surface area contributed by atoms with Crippen LogP contribution in [0.4, 0.5) is 5.82 Å². The first kappa shape index (κ1) is 23.1. The fourth-order valence-electron chi connectivity index (χ4n) is 4.29. The zero-order valence-corrected chi connectivity index (χ0v) is 20.6. The molecule has 188 valence electrons. The molecule has 4 aromatic heterocycles. The molecule has 4 heterocycles. The molecule has 0 atom stereocenters. The van der Waals surface area contributed by atoms with Crippen LogP contribution in [0.25, 0.3) is 33.6 Å². The summed E-state index contributed by atoms with van der Waals surface area (Å²) in [5, 5.41) is 12.2. The number of anilines is 1. The number of rotatable bonds is 4. The van der Waals surface area contributed by atoms with E-state index in [9.17, 15) is 14.4 Å². The number of nitrogens with zero attached hydrogens (tertiary/aromatic N) is 5. The van der Waals surface area contributed by atoms with Crippen molar-refractivity contribution in [2.75, 3.05) is 5.32 Å². The molecule has 0 saturated carbocycles. The Morgan fingerprint density at radius 2 is 1.79 bits per heavy atom.